The van der Waals surface area contributed by atoms with E-state index >= 15 is 0 Å². The van der Waals surface area contributed by atoms with Crippen LogP contribution in [0.5, 0.6) is 0 Å². The van der Waals surface area contributed by atoms with Gasteiger partial charge >= 0.3 is 12.1 Å². The molecule has 0 saturated carbocycles. The Hall–Kier alpha value is -1.75. The highest BCUT2D eigenvalue weighted by Crippen LogP contribution is 2.10. The summed E-state index contributed by atoms with van der Waals surface area (Å²) in [5.41, 5.74) is 0.771. The lowest BCUT2D eigenvalue weighted by molar-refractivity contribution is -0.138. The fourth-order valence-electron chi connectivity index (χ4n) is 1.01. The van der Waals surface area contributed by atoms with Gasteiger partial charge in [0.15, 0.2) is 0 Å². The number of amides is 1. The third-order valence-corrected chi connectivity index (χ3v) is 2.24. The normalized spacial score (nSPS) is 11.6. The zero-order chi connectivity index (χ0) is 12.8. The summed E-state index contributed by atoms with van der Waals surface area (Å²) in [5.74, 6) is -1.12. The van der Waals surface area contributed by atoms with E-state index in [1.54, 1.807) is 24.3 Å². The summed E-state index contributed by atoms with van der Waals surface area (Å²) >= 11 is 5.69. The highest BCUT2D eigenvalue weighted by atomic mass is 35.5. The van der Waals surface area contributed by atoms with Gasteiger partial charge in [-0.3, -0.25) is 4.79 Å². The molecular formula is C11H12ClNO4. The molecule has 0 fully saturated rings. The molecule has 0 aromatic heterocycles. The molecule has 0 bridgehead atoms. The summed E-state index contributed by atoms with van der Waals surface area (Å²) in [6.07, 6.45) is -0.769. The molecule has 6 heteroatoms. The van der Waals surface area contributed by atoms with Gasteiger partial charge in [-0.2, -0.15) is 0 Å². The van der Waals surface area contributed by atoms with Crippen LogP contribution in [0.3, 0.4) is 0 Å². The number of carboxylic acids is 1. The maximum Gasteiger partial charge on any atom is 0.408 e. The van der Waals surface area contributed by atoms with Crippen molar-refractivity contribution in [3.63, 3.8) is 0 Å². The summed E-state index contributed by atoms with van der Waals surface area (Å²) in [6, 6.07) is 5.82. The molecule has 2 N–H and O–H groups in total. The van der Waals surface area contributed by atoms with Gasteiger partial charge in [-0.15, -0.1) is 0 Å². The number of carbonyl (C=O) groups excluding carboxylic acids is 1. The molecule has 0 heterocycles. The Morgan fingerprint density at radius 1 is 1.41 bits per heavy atom. The van der Waals surface area contributed by atoms with Crippen molar-refractivity contribution in [3.8, 4) is 0 Å². The lowest BCUT2D eigenvalue weighted by Crippen LogP contribution is -2.38. The van der Waals surface area contributed by atoms with Gasteiger partial charge in [-0.05, 0) is 24.6 Å². The molecule has 5 nitrogen and oxygen atoms in total. The van der Waals surface area contributed by atoms with E-state index in [1.165, 1.54) is 6.92 Å². The Morgan fingerprint density at radius 2 is 2.00 bits per heavy atom. The van der Waals surface area contributed by atoms with Crippen LogP contribution < -0.4 is 5.32 Å². The number of aliphatic carboxylic acids is 1. The van der Waals surface area contributed by atoms with Crippen LogP contribution in [0.2, 0.25) is 5.02 Å². The zero-order valence-electron chi connectivity index (χ0n) is 9.14. The largest absolute Gasteiger partial charge is 0.480 e. The third kappa shape index (κ3) is 4.74. The van der Waals surface area contributed by atoms with Crippen LogP contribution >= 0.6 is 11.6 Å². The van der Waals surface area contributed by atoms with E-state index in [0.29, 0.717) is 5.02 Å². The van der Waals surface area contributed by atoms with Crippen LogP contribution in [0.4, 0.5) is 4.79 Å². The minimum absolute atomic E-state index is 0.0648. The first kappa shape index (κ1) is 13.3. The van der Waals surface area contributed by atoms with Crippen molar-refractivity contribution >= 4 is 23.7 Å². The predicted molar refractivity (Wildman–Crippen MR) is 61.9 cm³/mol. The van der Waals surface area contributed by atoms with E-state index in [-0.39, 0.29) is 6.61 Å². The summed E-state index contributed by atoms with van der Waals surface area (Å²) in [4.78, 5) is 21.6. The van der Waals surface area contributed by atoms with Gasteiger partial charge in [0.2, 0.25) is 0 Å². The maximum atomic E-state index is 11.2. The fourth-order valence-corrected chi connectivity index (χ4v) is 1.14. The molecule has 1 aromatic carbocycles. The van der Waals surface area contributed by atoms with Gasteiger partial charge in [0.25, 0.3) is 0 Å². The molecule has 1 atom stereocenters. The number of benzene rings is 1. The summed E-state index contributed by atoms with van der Waals surface area (Å²) in [5, 5.41) is 11.3. The van der Waals surface area contributed by atoms with Crippen LogP contribution in [0.1, 0.15) is 12.5 Å². The van der Waals surface area contributed by atoms with Gasteiger partial charge in [0.1, 0.15) is 12.6 Å². The second kappa shape index (κ2) is 6.10. The van der Waals surface area contributed by atoms with E-state index in [4.69, 9.17) is 21.4 Å². The SMILES string of the molecule is C[C@H](NC(=O)OCc1ccc(Cl)cc1)C(=O)O. The van der Waals surface area contributed by atoms with Crippen molar-refractivity contribution in [2.24, 2.45) is 0 Å². The number of rotatable bonds is 4. The van der Waals surface area contributed by atoms with Crippen LogP contribution in [-0.4, -0.2) is 23.2 Å². The number of nitrogens with one attached hydrogen (secondary N) is 1. The minimum atomic E-state index is -1.12. The molecule has 1 aromatic rings. The molecule has 0 aliphatic rings. The Balaban J connectivity index is 2.38. The second-order valence-corrected chi connectivity index (χ2v) is 3.84. The van der Waals surface area contributed by atoms with E-state index < -0.39 is 18.1 Å². The van der Waals surface area contributed by atoms with Crippen LogP contribution in [0.25, 0.3) is 0 Å². The van der Waals surface area contributed by atoms with Crippen LogP contribution in [-0.2, 0) is 16.1 Å². The number of halogens is 1. The first-order valence-electron chi connectivity index (χ1n) is 4.89. The zero-order valence-corrected chi connectivity index (χ0v) is 9.90. The van der Waals surface area contributed by atoms with Crippen molar-refractivity contribution < 1.29 is 19.4 Å². The van der Waals surface area contributed by atoms with E-state index in [9.17, 15) is 9.59 Å². The number of hydrogen-bond donors (Lipinski definition) is 2. The number of carboxylic acid groups (broad SMARTS) is 1. The number of hydrogen-bond acceptors (Lipinski definition) is 3. The maximum absolute atomic E-state index is 11.2. The van der Waals surface area contributed by atoms with Crippen molar-refractivity contribution in [2.45, 2.75) is 19.6 Å². The van der Waals surface area contributed by atoms with E-state index in [1.807, 2.05) is 0 Å². The van der Waals surface area contributed by atoms with Crippen LogP contribution in [0.15, 0.2) is 24.3 Å². The van der Waals surface area contributed by atoms with Crippen molar-refractivity contribution in [1.82, 2.24) is 5.32 Å². The number of carbonyl (C=O) groups is 2. The topological polar surface area (TPSA) is 75.6 Å². The molecule has 0 unspecified atom stereocenters. The summed E-state index contributed by atoms with van der Waals surface area (Å²) in [6.45, 7) is 1.42. The first-order chi connectivity index (χ1) is 7.99. The smallest absolute Gasteiger partial charge is 0.408 e. The van der Waals surface area contributed by atoms with Crippen LogP contribution in [0, 0.1) is 0 Å². The van der Waals surface area contributed by atoms with E-state index in [0.717, 1.165) is 5.56 Å². The number of alkyl carbamates (subject to hydrolysis) is 1. The van der Waals surface area contributed by atoms with Crippen molar-refractivity contribution in [3.05, 3.63) is 34.9 Å². The molecule has 0 radical (unpaired) electrons. The highest BCUT2D eigenvalue weighted by Gasteiger charge is 2.14. The molecule has 0 aliphatic heterocycles. The van der Waals surface area contributed by atoms with Crippen molar-refractivity contribution in [1.29, 1.82) is 0 Å². The van der Waals surface area contributed by atoms with Gasteiger partial charge in [0.05, 0.1) is 0 Å². The lowest BCUT2D eigenvalue weighted by atomic mass is 10.2. The first-order valence-corrected chi connectivity index (χ1v) is 5.27. The van der Waals surface area contributed by atoms with Gasteiger partial charge in [0, 0.05) is 5.02 Å². The Labute approximate surface area is 103 Å². The molecule has 0 spiro atoms. The van der Waals surface area contributed by atoms with Crippen molar-refractivity contribution in [2.75, 3.05) is 0 Å². The molecular weight excluding hydrogens is 246 g/mol. The molecule has 1 amide bonds. The van der Waals surface area contributed by atoms with E-state index in [2.05, 4.69) is 5.32 Å². The molecule has 17 heavy (non-hydrogen) atoms. The average molecular weight is 258 g/mol. The minimum Gasteiger partial charge on any atom is -0.480 e. The molecule has 0 aliphatic carbocycles. The highest BCUT2D eigenvalue weighted by molar-refractivity contribution is 6.30. The Kier molecular flexibility index (Phi) is 4.78. The number of ether oxygens (including phenoxy) is 1. The average Bonchev–Trinajstić information content (AvgIpc) is 2.28. The standard InChI is InChI=1S/C11H12ClNO4/c1-7(10(14)15)13-11(16)17-6-8-2-4-9(12)5-3-8/h2-5,7H,6H2,1H3,(H,13,16)(H,14,15)/t7-/m0/s1. The summed E-state index contributed by atoms with van der Waals surface area (Å²) < 4.78 is 4.83. The molecule has 1 rings (SSSR count). The fraction of sp³-hybridized carbons (Fsp3) is 0.273. The monoisotopic (exact) mass is 257 g/mol. The predicted octanol–water partition coefficient (Wildman–Crippen LogP) is 2.04. The molecule has 0 saturated heterocycles. The lowest BCUT2D eigenvalue weighted by Gasteiger charge is -2.09. The van der Waals surface area contributed by atoms with Gasteiger partial charge in [-0.1, -0.05) is 23.7 Å². The Bertz CT molecular complexity index is 404. The van der Waals surface area contributed by atoms with Gasteiger partial charge < -0.3 is 15.2 Å². The summed E-state index contributed by atoms with van der Waals surface area (Å²) in [7, 11) is 0. The quantitative estimate of drug-likeness (QED) is 0.865. The molecule has 92 valence electrons. The second-order valence-electron chi connectivity index (χ2n) is 3.41. The Morgan fingerprint density at radius 3 is 2.53 bits per heavy atom. The third-order valence-electron chi connectivity index (χ3n) is 1.99. The van der Waals surface area contributed by atoms with Gasteiger partial charge in [-0.25, -0.2) is 4.79 Å².